The van der Waals surface area contributed by atoms with Crippen molar-refractivity contribution in [2.45, 2.75) is 19.8 Å². The smallest absolute Gasteiger partial charge is 0.358 e. The summed E-state index contributed by atoms with van der Waals surface area (Å²) < 4.78 is 0. The quantitative estimate of drug-likeness (QED) is 0.0670. The van der Waals surface area contributed by atoms with Gasteiger partial charge in [-0.25, -0.2) is 0 Å². The van der Waals surface area contributed by atoms with Crippen LogP contribution in [0.15, 0.2) is 165 Å². The summed E-state index contributed by atoms with van der Waals surface area (Å²) in [5, 5.41) is 4.18. The molecule has 0 bridgehead atoms. The number of rotatable bonds is 8. The normalized spacial score (nSPS) is 13.0. The second-order valence-corrected chi connectivity index (χ2v) is 10.8. The molecule has 0 saturated carbocycles. The van der Waals surface area contributed by atoms with Crippen molar-refractivity contribution in [1.82, 2.24) is 0 Å². The van der Waals surface area contributed by atoms with Crippen molar-refractivity contribution in [3.05, 3.63) is 180 Å². The van der Waals surface area contributed by atoms with Crippen LogP contribution in [0.25, 0.3) is 0 Å². The third kappa shape index (κ3) is 22.2. The predicted molar refractivity (Wildman–Crippen MR) is 187 cm³/mol. The maximum atomic E-state index is 3.56. The second kappa shape index (κ2) is 31.8. The molecule has 0 fully saturated rings. The molecule has 210 valence electrons. The molecule has 0 N–H and O–H groups in total. The Hall–Kier alpha value is -2.38. The van der Waals surface area contributed by atoms with Gasteiger partial charge in [0.05, 0.1) is 24.7 Å². The third-order valence-corrected chi connectivity index (χ3v) is 8.11. The minimum absolute atomic E-state index is 0. The third-order valence-electron chi connectivity index (χ3n) is 4.87. The van der Waals surface area contributed by atoms with Crippen LogP contribution < -0.4 is 10.6 Å². The molecule has 0 saturated heterocycles. The fraction of sp³-hybridized carbons (Fsp3) is 0.139. The molecule has 2 atom stereocenters. The summed E-state index contributed by atoms with van der Waals surface area (Å²) in [6.07, 6.45) is 24.8. The zero-order valence-electron chi connectivity index (χ0n) is 24.2. The molecule has 2 aromatic carbocycles. The van der Waals surface area contributed by atoms with Crippen molar-refractivity contribution >= 4 is 27.8 Å². The van der Waals surface area contributed by atoms with E-state index in [0.29, 0.717) is 5.92 Å². The van der Waals surface area contributed by atoms with Crippen LogP contribution in [0.3, 0.4) is 0 Å². The van der Waals surface area contributed by atoms with Gasteiger partial charge in [0.2, 0.25) is 0 Å². The molecule has 3 heteroatoms. The van der Waals surface area contributed by atoms with Crippen LogP contribution in [-0.4, -0.2) is 6.16 Å². The van der Waals surface area contributed by atoms with Gasteiger partial charge >= 0.3 is 19.5 Å². The van der Waals surface area contributed by atoms with E-state index in [1.807, 2.05) is 25.2 Å². The Balaban J connectivity index is -0.000000327. The van der Waals surface area contributed by atoms with Crippen LogP contribution in [0.4, 0.5) is 0 Å². The molecule has 1 aliphatic carbocycles. The topological polar surface area (TPSA) is 0 Å². The number of allylic oxidation sites excluding steroid dienone is 11. The van der Waals surface area contributed by atoms with Gasteiger partial charge in [0.1, 0.15) is 0 Å². The minimum Gasteiger partial charge on any atom is -0.358 e. The molecule has 3 rings (SSSR count). The summed E-state index contributed by atoms with van der Waals surface area (Å²) in [6, 6.07) is 22.0. The molecule has 0 radical (unpaired) electrons. The van der Waals surface area contributed by atoms with Gasteiger partial charge in [-0.05, 0) is 55.3 Å². The van der Waals surface area contributed by atoms with E-state index in [1.54, 1.807) is 6.08 Å². The van der Waals surface area contributed by atoms with Gasteiger partial charge < -0.3 is 14.9 Å². The Kier molecular flexibility index (Phi) is 35.7. The fourth-order valence-electron chi connectivity index (χ4n) is 3.36. The molecule has 0 heterocycles. The van der Waals surface area contributed by atoms with Gasteiger partial charge in [-0.3, -0.25) is 0 Å². The Bertz CT molecular complexity index is 969. The SMILES string of the molecule is C1=CCC(/C=C/CC[PH+](c2ccccc2)c2ccccc2)C=C1.C=C.C=C/C=C(P)\C=C/C.C=C=C.[CH3-].[CH3-].[Ru+2]. The van der Waals surface area contributed by atoms with E-state index in [1.165, 1.54) is 16.8 Å². The predicted octanol–water partition coefficient (Wildman–Crippen LogP) is 10.1. The Morgan fingerprint density at radius 1 is 0.974 bits per heavy atom. The number of hydrogen-bond donors (Lipinski definition) is 0. The zero-order chi connectivity index (χ0) is 26.9. The van der Waals surface area contributed by atoms with Crippen molar-refractivity contribution in [3.8, 4) is 0 Å². The van der Waals surface area contributed by atoms with Crippen molar-refractivity contribution in [1.29, 1.82) is 0 Å². The molecule has 0 aromatic heterocycles. The summed E-state index contributed by atoms with van der Waals surface area (Å²) in [7, 11) is 1.92. The molecule has 39 heavy (non-hydrogen) atoms. The molecular weight excluding hydrogens is 595 g/mol. The van der Waals surface area contributed by atoms with Gasteiger partial charge in [-0.15, -0.1) is 28.1 Å². The molecular formula is C36H49P2Ru+. The van der Waals surface area contributed by atoms with Crippen LogP contribution >= 0.6 is 17.2 Å². The van der Waals surface area contributed by atoms with Gasteiger partial charge in [-0.1, -0.05) is 117 Å². The van der Waals surface area contributed by atoms with Crippen molar-refractivity contribution in [3.63, 3.8) is 0 Å². The molecule has 1 aliphatic rings. The molecule has 2 unspecified atom stereocenters. The van der Waals surface area contributed by atoms with E-state index >= 15 is 0 Å². The summed E-state index contributed by atoms with van der Waals surface area (Å²) in [6.45, 7) is 17.8. The van der Waals surface area contributed by atoms with Gasteiger partial charge in [0, 0.05) is 0 Å². The standard InChI is InChI=1S/C22H23P.C7H11P.C3H4.C2H4.2CH3.Ru/c1-4-12-20(13-5-1)14-10-11-19-23(21-15-6-2-7-16-21)22-17-8-3-9-18-22;1-3-5-7(8)6-4-2;1-3-2;1-2;;;/h1-10,12,14-18,20H,11,13,19H2;3-6H,1,8H2,2H3;1-2H2;1-2H2;2*1H3;/q;;;;2*-1;+2/p+1/b14-10+;6-4-,7-5+;;;;;. The van der Waals surface area contributed by atoms with Crippen LogP contribution in [0.2, 0.25) is 0 Å². The largest absolute Gasteiger partial charge is 2.00 e. The zero-order valence-corrected chi connectivity index (χ0v) is 28.1. The Morgan fingerprint density at radius 3 is 1.90 bits per heavy atom. The summed E-state index contributed by atoms with van der Waals surface area (Å²) in [5.41, 5.74) is 2.25. The summed E-state index contributed by atoms with van der Waals surface area (Å²) in [5.74, 6) is 0.587. The maximum absolute atomic E-state index is 3.56. The average molecular weight is 645 g/mol. The number of benzene rings is 2. The van der Waals surface area contributed by atoms with E-state index in [4.69, 9.17) is 0 Å². The van der Waals surface area contributed by atoms with Gasteiger partial charge in [0.25, 0.3) is 0 Å². The summed E-state index contributed by atoms with van der Waals surface area (Å²) >= 11 is 0. The second-order valence-electron chi connectivity index (χ2n) is 7.54. The Morgan fingerprint density at radius 2 is 1.49 bits per heavy atom. The maximum Gasteiger partial charge on any atom is 2.00 e. The van der Waals surface area contributed by atoms with Crippen molar-refractivity contribution in [2.75, 3.05) is 6.16 Å². The minimum atomic E-state index is -0.685. The molecule has 0 aliphatic heterocycles. The van der Waals surface area contributed by atoms with E-state index < -0.39 is 7.92 Å². The first kappa shape index (κ1) is 43.7. The van der Waals surface area contributed by atoms with Crippen LogP contribution in [0.1, 0.15) is 19.8 Å². The van der Waals surface area contributed by atoms with Crippen LogP contribution in [0.5, 0.6) is 0 Å². The first-order chi connectivity index (χ1) is 17.7. The van der Waals surface area contributed by atoms with E-state index in [9.17, 15) is 0 Å². The van der Waals surface area contributed by atoms with E-state index in [2.05, 4.69) is 145 Å². The van der Waals surface area contributed by atoms with Crippen molar-refractivity contribution < 1.29 is 19.5 Å². The van der Waals surface area contributed by atoms with E-state index in [-0.39, 0.29) is 34.3 Å². The Labute approximate surface area is 258 Å². The van der Waals surface area contributed by atoms with Crippen molar-refractivity contribution in [2.24, 2.45) is 5.92 Å². The first-order valence-corrected chi connectivity index (χ1v) is 14.4. The fourth-order valence-corrected chi connectivity index (χ4v) is 6.24. The molecule has 0 nitrogen and oxygen atoms in total. The molecule has 0 amide bonds. The molecule has 0 spiro atoms. The molecule has 2 aromatic rings. The average Bonchev–Trinajstić information content (AvgIpc) is 2.93. The number of hydrogen-bond acceptors (Lipinski definition) is 0. The monoisotopic (exact) mass is 645 g/mol. The van der Waals surface area contributed by atoms with Crippen LogP contribution in [0, 0.1) is 20.8 Å². The van der Waals surface area contributed by atoms with Crippen LogP contribution in [-0.2, 0) is 19.5 Å². The van der Waals surface area contributed by atoms with E-state index in [0.717, 1.165) is 18.2 Å². The van der Waals surface area contributed by atoms with Gasteiger partial charge in [0.15, 0.2) is 0 Å². The van der Waals surface area contributed by atoms with Gasteiger partial charge in [-0.2, -0.15) is 0 Å². The summed E-state index contributed by atoms with van der Waals surface area (Å²) in [4.78, 5) is 0. The first-order valence-electron chi connectivity index (χ1n) is 12.1.